The van der Waals surface area contributed by atoms with Crippen LogP contribution in [0, 0.1) is 17.3 Å². The largest absolute Gasteiger partial charge is 0.495 e. The zero-order chi connectivity index (χ0) is 22.6. The average molecular weight is 445 g/mol. The second kappa shape index (κ2) is 9.81. The molecule has 168 valence electrons. The van der Waals surface area contributed by atoms with Crippen LogP contribution in [0.1, 0.15) is 59.1 Å². The Bertz CT molecular complexity index is 910. The molecule has 1 amide bonds. The molecule has 1 aliphatic rings. The van der Waals surface area contributed by atoms with E-state index in [0.29, 0.717) is 28.2 Å². The molecule has 1 aromatic heterocycles. The maximum atomic E-state index is 12.6. The molecule has 0 radical (unpaired) electrons. The summed E-state index contributed by atoms with van der Waals surface area (Å²) in [5.41, 5.74) is 1.56. The number of carbonyl (C=O) groups is 2. The first-order valence-electron chi connectivity index (χ1n) is 10.8. The summed E-state index contributed by atoms with van der Waals surface area (Å²) >= 11 is 1.34. The maximum absolute atomic E-state index is 12.6. The number of hydrogen-bond donors (Lipinski definition) is 0. The number of thiazole rings is 1. The van der Waals surface area contributed by atoms with Crippen LogP contribution in [-0.2, 0) is 20.9 Å². The summed E-state index contributed by atoms with van der Waals surface area (Å²) in [6.45, 7) is 8.41. The number of benzene rings is 1. The standard InChI is InChI=1S/C24H32N2O4S/c1-16(27)26(20-8-6-7-9-21(20)29-5)23-25-19(15-31-23)14-30-22(28)17-10-12-18(13-11-17)24(2,3)4/h6-9,15,17-18H,10-14H2,1-5H3. The molecular formula is C24H32N2O4S. The van der Waals surface area contributed by atoms with Crippen molar-refractivity contribution >= 4 is 34.0 Å². The lowest BCUT2D eigenvalue weighted by Gasteiger charge is -2.36. The SMILES string of the molecule is COc1ccccc1N(C(C)=O)c1nc(COC(=O)C2CCC(C(C)(C)C)CC2)cs1. The van der Waals surface area contributed by atoms with Crippen LogP contribution in [0.25, 0.3) is 0 Å². The van der Waals surface area contributed by atoms with E-state index in [-0.39, 0.29) is 29.8 Å². The molecular weight excluding hydrogens is 412 g/mol. The van der Waals surface area contributed by atoms with Crippen molar-refractivity contribution in [2.45, 2.75) is 60.0 Å². The smallest absolute Gasteiger partial charge is 0.309 e. The second-order valence-corrected chi connectivity index (χ2v) is 10.0. The van der Waals surface area contributed by atoms with Gasteiger partial charge in [0.25, 0.3) is 0 Å². The molecule has 1 saturated carbocycles. The highest BCUT2D eigenvalue weighted by Crippen LogP contribution is 2.40. The van der Waals surface area contributed by atoms with E-state index in [1.54, 1.807) is 13.2 Å². The van der Waals surface area contributed by atoms with Gasteiger partial charge in [-0.05, 0) is 49.1 Å². The Balaban J connectivity index is 1.62. The highest BCUT2D eigenvalue weighted by molar-refractivity contribution is 7.14. The van der Waals surface area contributed by atoms with Gasteiger partial charge in [0.2, 0.25) is 5.91 Å². The number of ether oxygens (including phenoxy) is 2. The fourth-order valence-corrected chi connectivity index (χ4v) is 5.01. The van der Waals surface area contributed by atoms with Gasteiger partial charge in [0.1, 0.15) is 12.4 Å². The maximum Gasteiger partial charge on any atom is 0.309 e. The van der Waals surface area contributed by atoms with Crippen LogP contribution < -0.4 is 9.64 Å². The number of esters is 1. The van der Waals surface area contributed by atoms with Gasteiger partial charge in [-0.15, -0.1) is 11.3 Å². The molecule has 0 saturated heterocycles. The Morgan fingerprint density at radius 1 is 1.16 bits per heavy atom. The van der Waals surface area contributed by atoms with E-state index in [9.17, 15) is 9.59 Å². The first kappa shape index (κ1) is 23.3. The van der Waals surface area contributed by atoms with E-state index in [1.807, 2.05) is 23.6 Å². The van der Waals surface area contributed by atoms with Gasteiger partial charge in [0, 0.05) is 12.3 Å². The van der Waals surface area contributed by atoms with Crippen LogP contribution in [0.5, 0.6) is 5.75 Å². The number of carbonyl (C=O) groups excluding carboxylic acids is 2. The van der Waals surface area contributed by atoms with Crippen molar-refractivity contribution in [2.75, 3.05) is 12.0 Å². The van der Waals surface area contributed by atoms with E-state index in [0.717, 1.165) is 25.7 Å². The van der Waals surface area contributed by atoms with Crippen molar-refractivity contribution in [2.24, 2.45) is 17.3 Å². The minimum atomic E-state index is -0.169. The Labute approximate surface area is 188 Å². The monoisotopic (exact) mass is 444 g/mol. The number of methoxy groups -OCH3 is 1. The van der Waals surface area contributed by atoms with Crippen molar-refractivity contribution in [1.29, 1.82) is 0 Å². The summed E-state index contributed by atoms with van der Waals surface area (Å²) in [4.78, 5) is 30.9. The van der Waals surface area contributed by atoms with Crippen molar-refractivity contribution in [1.82, 2.24) is 4.98 Å². The third-order valence-corrected chi connectivity index (χ3v) is 6.89. The van der Waals surface area contributed by atoms with E-state index in [1.165, 1.54) is 23.2 Å². The van der Waals surface area contributed by atoms with Crippen molar-refractivity contribution in [3.05, 3.63) is 35.3 Å². The molecule has 7 heteroatoms. The number of aromatic nitrogens is 1. The highest BCUT2D eigenvalue weighted by Gasteiger charge is 2.33. The van der Waals surface area contributed by atoms with E-state index in [4.69, 9.17) is 9.47 Å². The molecule has 1 aromatic carbocycles. The molecule has 6 nitrogen and oxygen atoms in total. The van der Waals surface area contributed by atoms with Gasteiger partial charge in [0.15, 0.2) is 5.13 Å². The summed E-state index contributed by atoms with van der Waals surface area (Å²) in [5.74, 6) is 0.906. The number of rotatable bonds is 6. The van der Waals surface area contributed by atoms with Crippen molar-refractivity contribution in [3.8, 4) is 5.75 Å². The second-order valence-electron chi connectivity index (χ2n) is 9.17. The molecule has 31 heavy (non-hydrogen) atoms. The molecule has 0 bridgehead atoms. The number of para-hydroxylation sites is 2. The van der Waals surface area contributed by atoms with Gasteiger partial charge >= 0.3 is 5.97 Å². The van der Waals surface area contributed by atoms with Crippen LogP contribution in [0.3, 0.4) is 0 Å². The highest BCUT2D eigenvalue weighted by atomic mass is 32.1. The Morgan fingerprint density at radius 3 is 2.45 bits per heavy atom. The fraction of sp³-hybridized carbons (Fsp3) is 0.542. The van der Waals surface area contributed by atoms with Crippen LogP contribution in [0.4, 0.5) is 10.8 Å². The Hall–Kier alpha value is -2.41. The lowest BCUT2D eigenvalue weighted by molar-refractivity contribution is -0.151. The summed E-state index contributed by atoms with van der Waals surface area (Å²) < 4.78 is 11.0. The molecule has 3 rings (SSSR count). The van der Waals surface area contributed by atoms with Gasteiger partial charge in [0.05, 0.1) is 24.4 Å². The molecule has 2 aromatic rings. The summed E-state index contributed by atoms with van der Waals surface area (Å²) in [5, 5.41) is 2.35. The first-order valence-corrected chi connectivity index (χ1v) is 11.6. The molecule has 0 unspecified atom stereocenters. The number of nitrogens with zero attached hydrogens (tertiary/aromatic N) is 2. The third kappa shape index (κ3) is 5.64. The molecule has 0 spiro atoms. The minimum Gasteiger partial charge on any atom is -0.495 e. The average Bonchev–Trinajstić information content (AvgIpc) is 3.20. The fourth-order valence-electron chi connectivity index (χ4n) is 4.15. The Morgan fingerprint density at radius 2 is 1.84 bits per heavy atom. The molecule has 1 heterocycles. The zero-order valence-corrected chi connectivity index (χ0v) is 19.8. The van der Waals surface area contributed by atoms with E-state index in [2.05, 4.69) is 25.8 Å². The van der Waals surface area contributed by atoms with Gasteiger partial charge in [-0.3, -0.25) is 14.5 Å². The minimum absolute atomic E-state index is 0.0287. The lowest BCUT2D eigenvalue weighted by Crippen LogP contribution is -2.29. The van der Waals surface area contributed by atoms with Crippen molar-refractivity contribution in [3.63, 3.8) is 0 Å². The molecule has 0 N–H and O–H groups in total. The van der Waals surface area contributed by atoms with E-state index >= 15 is 0 Å². The van der Waals surface area contributed by atoms with Crippen molar-refractivity contribution < 1.29 is 19.1 Å². The molecule has 1 fully saturated rings. The van der Waals surface area contributed by atoms with Gasteiger partial charge in [-0.1, -0.05) is 32.9 Å². The summed E-state index contributed by atoms with van der Waals surface area (Å²) in [6.07, 6.45) is 3.90. The Kier molecular flexibility index (Phi) is 7.36. The number of hydrogen-bond acceptors (Lipinski definition) is 6. The quantitative estimate of drug-likeness (QED) is 0.532. The number of amides is 1. The molecule has 0 aliphatic heterocycles. The topological polar surface area (TPSA) is 68.7 Å². The van der Waals surface area contributed by atoms with Crippen LogP contribution >= 0.6 is 11.3 Å². The molecule has 1 aliphatic carbocycles. The van der Waals surface area contributed by atoms with Gasteiger partial charge < -0.3 is 9.47 Å². The van der Waals surface area contributed by atoms with Crippen LogP contribution in [-0.4, -0.2) is 24.0 Å². The van der Waals surface area contributed by atoms with Crippen LogP contribution in [0.2, 0.25) is 0 Å². The first-order chi connectivity index (χ1) is 14.7. The summed E-state index contributed by atoms with van der Waals surface area (Å²) in [6, 6.07) is 7.31. The lowest BCUT2D eigenvalue weighted by atomic mass is 9.70. The normalized spacial score (nSPS) is 19.0. The predicted octanol–water partition coefficient (Wildman–Crippen LogP) is 5.73. The molecule has 0 atom stereocenters. The summed E-state index contributed by atoms with van der Waals surface area (Å²) in [7, 11) is 1.57. The predicted molar refractivity (Wildman–Crippen MR) is 123 cm³/mol. The van der Waals surface area contributed by atoms with Gasteiger partial charge in [-0.25, -0.2) is 4.98 Å². The third-order valence-electron chi connectivity index (χ3n) is 6.02. The number of anilines is 2. The van der Waals surface area contributed by atoms with E-state index < -0.39 is 0 Å². The zero-order valence-electron chi connectivity index (χ0n) is 19.0. The van der Waals surface area contributed by atoms with Crippen LogP contribution in [0.15, 0.2) is 29.6 Å². The van der Waals surface area contributed by atoms with Gasteiger partial charge in [-0.2, -0.15) is 0 Å².